The van der Waals surface area contributed by atoms with E-state index < -0.39 is 32.9 Å². The highest BCUT2D eigenvalue weighted by Crippen LogP contribution is 2.39. The Hall–Kier alpha value is -3.76. The van der Waals surface area contributed by atoms with E-state index in [4.69, 9.17) is 0 Å². The maximum absolute atomic E-state index is 13.4. The first kappa shape index (κ1) is 27.3. The molecule has 2 N–H and O–H groups in total. The quantitative estimate of drug-likeness (QED) is 0.224. The number of alkyl halides is 3. The lowest BCUT2D eigenvalue weighted by atomic mass is 10.1. The second-order valence-electron chi connectivity index (χ2n) is 8.38. The maximum atomic E-state index is 13.4. The molecule has 1 unspecified atom stereocenters. The molecule has 38 heavy (non-hydrogen) atoms. The van der Waals surface area contributed by atoms with Crippen LogP contribution in [0.15, 0.2) is 113 Å². The summed E-state index contributed by atoms with van der Waals surface area (Å²) in [6.07, 6.45) is -4.62. The molecule has 5 nitrogen and oxygen atoms in total. The first-order valence-corrected chi connectivity index (χ1v) is 13.8. The van der Waals surface area contributed by atoms with Gasteiger partial charge in [-0.25, -0.2) is 8.42 Å². The van der Waals surface area contributed by atoms with E-state index in [1.807, 2.05) is 6.92 Å². The minimum atomic E-state index is -4.62. The van der Waals surface area contributed by atoms with Crippen LogP contribution in [0.2, 0.25) is 0 Å². The van der Waals surface area contributed by atoms with Crippen molar-refractivity contribution in [3.8, 4) is 0 Å². The molecule has 0 aliphatic heterocycles. The van der Waals surface area contributed by atoms with Gasteiger partial charge in [0.15, 0.2) is 0 Å². The molecule has 196 valence electrons. The molecular weight excluding hydrogens is 533 g/mol. The minimum absolute atomic E-state index is 0.126. The number of carbonyl (C=O) groups excluding carboxylic acids is 1. The van der Waals surface area contributed by atoms with Gasteiger partial charge in [0.2, 0.25) is 5.91 Å². The summed E-state index contributed by atoms with van der Waals surface area (Å²) in [4.78, 5) is 14.0. The number of para-hydroxylation sites is 1. The van der Waals surface area contributed by atoms with Gasteiger partial charge in [0.1, 0.15) is 5.25 Å². The van der Waals surface area contributed by atoms with E-state index in [2.05, 4.69) is 10.0 Å². The van der Waals surface area contributed by atoms with E-state index in [1.165, 1.54) is 30.3 Å². The highest BCUT2D eigenvalue weighted by atomic mass is 32.2. The van der Waals surface area contributed by atoms with E-state index in [-0.39, 0.29) is 10.6 Å². The number of rotatable bonds is 8. The van der Waals surface area contributed by atoms with Crippen LogP contribution in [0.3, 0.4) is 0 Å². The molecule has 0 saturated heterocycles. The number of carbonyl (C=O) groups is 1. The lowest BCUT2D eigenvalue weighted by molar-refractivity contribution is -0.137. The summed E-state index contributed by atoms with van der Waals surface area (Å²) in [7, 11) is -3.79. The van der Waals surface area contributed by atoms with Crippen molar-refractivity contribution in [1.82, 2.24) is 0 Å². The first-order chi connectivity index (χ1) is 18.0. The fourth-order valence-electron chi connectivity index (χ4n) is 3.61. The zero-order valence-electron chi connectivity index (χ0n) is 20.1. The molecule has 0 aromatic heterocycles. The van der Waals surface area contributed by atoms with Gasteiger partial charge >= 0.3 is 6.18 Å². The number of anilines is 2. The number of hydrogen-bond acceptors (Lipinski definition) is 4. The predicted octanol–water partition coefficient (Wildman–Crippen LogP) is 7.29. The van der Waals surface area contributed by atoms with E-state index >= 15 is 0 Å². The molecule has 1 atom stereocenters. The lowest BCUT2D eigenvalue weighted by Crippen LogP contribution is -2.21. The number of amides is 1. The molecule has 0 heterocycles. The summed E-state index contributed by atoms with van der Waals surface area (Å²) in [5.41, 5.74) is 0.602. The third-order valence-corrected chi connectivity index (χ3v) is 8.19. The van der Waals surface area contributed by atoms with Crippen molar-refractivity contribution < 1.29 is 26.4 Å². The van der Waals surface area contributed by atoms with Gasteiger partial charge in [-0.05, 0) is 61.0 Å². The Morgan fingerprint density at radius 3 is 2.05 bits per heavy atom. The second-order valence-corrected chi connectivity index (χ2v) is 11.2. The summed E-state index contributed by atoms with van der Waals surface area (Å²) in [6.45, 7) is 1.86. The Balaban J connectivity index is 1.54. The molecule has 0 bridgehead atoms. The smallest absolute Gasteiger partial charge is 0.324 e. The number of benzene rings is 4. The summed E-state index contributed by atoms with van der Waals surface area (Å²) in [5, 5.41) is 1.56. The van der Waals surface area contributed by atoms with Crippen molar-refractivity contribution >= 4 is 39.1 Å². The highest BCUT2D eigenvalue weighted by molar-refractivity contribution is 8.00. The molecule has 4 aromatic carbocycles. The van der Waals surface area contributed by atoms with Gasteiger partial charge in [-0.3, -0.25) is 9.52 Å². The van der Waals surface area contributed by atoms with Crippen molar-refractivity contribution in [2.75, 3.05) is 10.0 Å². The summed E-state index contributed by atoms with van der Waals surface area (Å²) in [5.74, 6) is -0.623. The monoisotopic (exact) mass is 556 g/mol. The molecule has 10 heteroatoms. The molecule has 0 spiro atoms. The summed E-state index contributed by atoms with van der Waals surface area (Å²) < 4.78 is 68.2. The predicted molar refractivity (Wildman–Crippen MR) is 144 cm³/mol. The van der Waals surface area contributed by atoms with E-state index in [9.17, 15) is 26.4 Å². The number of aryl methyl sites for hydroxylation is 1. The third-order valence-electron chi connectivity index (χ3n) is 5.52. The molecule has 0 aliphatic rings. The van der Waals surface area contributed by atoms with Crippen LogP contribution < -0.4 is 10.0 Å². The lowest BCUT2D eigenvalue weighted by Gasteiger charge is -2.19. The zero-order chi connectivity index (χ0) is 27.3. The van der Waals surface area contributed by atoms with Gasteiger partial charge in [0, 0.05) is 10.6 Å². The van der Waals surface area contributed by atoms with Crippen LogP contribution in [0, 0.1) is 6.92 Å². The first-order valence-electron chi connectivity index (χ1n) is 11.4. The number of thioether (sulfide) groups is 1. The Morgan fingerprint density at radius 2 is 1.42 bits per heavy atom. The van der Waals surface area contributed by atoms with Crippen LogP contribution in [0.25, 0.3) is 0 Å². The van der Waals surface area contributed by atoms with Crippen LogP contribution in [-0.2, 0) is 21.0 Å². The van der Waals surface area contributed by atoms with Gasteiger partial charge < -0.3 is 5.32 Å². The van der Waals surface area contributed by atoms with Crippen LogP contribution in [0.4, 0.5) is 24.5 Å². The van der Waals surface area contributed by atoms with Gasteiger partial charge in [-0.1, -0.05) is 60.2 Å². The van der Waals surface area contributed by atoms with E-state index in [0.29, 0.717) is 16.1 Å². The van der Waals surface area contributed by atoms with Crippen molar-refractivity contribution in [2.45, 2.75) is 28.1 Å². The van der Waals surface area contributed by atoms with Gasteiger partial charge in [0.05, 0.1) is 16.1 Å². The minimum Gasteiger partial charge on any atom is -0.324 e. The zero-order valence-corrected chi connectivity index (χ0v) is 21.7. The Labute approximate surface area is 223 Å². The largest absolute Gasteiger partial charge is 0.418 e. The Kier molecular flexibility index (Phi) is 8.13. The van der Waals surface area contributed by atoms with Gasteiger partial charge in [-0.2, -0.15) is 13.2 Å². The standard InChI is InChI=1S/C28H23F3N2O3S2/c1-19-11-17-23(18-12-19)38(35,36)33-21-13-15-22(16-14-21)37-26(20-7-3-2-4-8-20)27(34)32-25-10-6-5-9-24(25)28(29,30)31/h2-18,26,33H,1H3,(H,32,34). The molecular formula is C28H23F3N2O3S2. The molecule has 0 aliphatic carbocycles. The topological polar surface area (TPSA) is 75.3 Å². The van der Waals surface area contributed by atoms with Gasteiger partial charge in [-0.15, -0.1) is 11.8 Å². The molecule has 4 aromatic rings. The van der Waals surface area contributed by atoms with Crippen LogP contribution in [0.5, 0.6) is 0 Å². The van der Waals surface area contributed by atoms with Crippen molar-refractivity contribution in [3.63, 3.8) is 0 Å². The maximum Gasteiger partial charge on any atom is 0.418 e. The number of sulfonamides is 1. The number of hydrogen-bond donors (Lipinski definition) is 2. The molecule has 1 amide bonds. The van der Waals surface area contributed by atoms with Crippen molar-refractivity contribution in [3.05, 3.63) is 120 Å². The molecule has 0 saturated carbocycles. The van der Waals surface area contributed by atoms with E-state index in [0.717, 1.165) is 23.4 Å². The second kappa shape index (κ2) is 11.3. The van der Waals surface area contributed by atoms with Crippen LogP contribution >= 0.6 is 11.8 Å². The highest BCUT2D eigenvalue weighted by Gasteiger charge is 2.34. The molecule has 0 radical (unpaired) electrons. The van der Waals surface area contributed by atoms with Crippen molar-refractivity contribution in [1.29, 1.82) is 0 Å². The SMILES string of the molecule is Cc1ccc(S(=O)(=O)Nc2ccc(SC(C(=O)Nc3ccccc3C(F)(F)F)c3ccccc3)cc2)cc1. The fourth-order valence-corrected chi connectivity index (χ4v) is 5.69. The normalized spacial score (nSPS) is 12.5. The number of halogens is 3. The van der Waals surface area contributed by atoms with Crippen molar-refractivity contribution in [2.24, 2.45) is 0 Å². The number of nitrogens with one attached hydrogen (secondary N) is 2. The van der Waals surface area contributed by atoms with Crippen LogP contribution in [0.1, 0.15) is 21.9 Å². The average Bonchev–Trinajstić information content (AvgIpc) is 2.88. The van der Waals surface area contributed by atoms with Crippen LogP contribution in [-0.4, -0.2) is 14.3 Å². The molecule has 0 fully saturated rings. The fraction of sp³-hybridized carbons (Fsp3) is 0.107. The van der Waals surface area contributed by atoms with Gasteiger partial charge in [0.25, 0.3) is 10.0 Å². The Bertz CT molecular complexity index is 1510. The molecule has 4 rings (SSSR count). The summed E-state index contributed by atoms with van der Waals surface area (Å²) in [6, 6.07) is 26.4. The Morgan fingerprint density at radius 1 is 0.816 bits per heavy atom. The van der Waals surface area contributed by atoms with E-state index in [1.54, 1.807) is 66.7 Å². The third kappa shape index (κ3) is 6.76. The average molecular weight is 557 g/mol. The summed E-state index contributed by atoms with van der Waals surface area (Å²) >= 11 is 1.14.